The van der Waals surface area contributed by atoms with Gasteiger partial charge in [-0.15, -0.1) is 0 Å². The summed E-state index contributed by atoms with van der Waals surface area (Å²) in [4.78, 5) is 21.4. The smallest absolute Gasteiger partial charge is 0.344 e. The lowest BCUT2D eigenvalue weighted by Gasteiger charge is -2.12. The van der Waals surface area contributed by atoms with Crippen LogP contribution in [0.25, 0.3) is 0 Å². The summed E-state index contributed by atoms with van der Waals surface area (Å²) >= 11 is 0. The van der Waals surface area contributed by atoms with Crippen LogP contribution in [0.4, 0.5) is 17.1 Å². The minimum Gasteiger partial charge on any atom is -0.496 e. The van der Waals surface area contributed by atoms with Crippen LogP contribution in [0, 0.1) is 10.1 Å². The Morgan fingerprint density at radius 1 is 1.21 bits per heavy atom. The topological polar surface area (TPSA) is 111 Å². The standard InChI is InChI=1S/C16H16N2O6/c1-10(16(19)20)24-12-5-3-11(4-6-12)17-14-8-7-13(23-2)9-15(14)18(21)22/h3-10,17H,1-2H3,(H,19,20). The average molecular weight is 332 g/mol. The van der Waals surface area contributed by atoms with Gasteiger partial charge in [-0.3, -0.25) is 10.1 Å². The number of nitrogens with zero attached hydrogens (tertiary/aromatic N) is 1. The number of nitrogens with one attached hydrogen (secondary N) is 1. The second-order valence-corrected chi connectivity index (χ2v) is 4.89. The number of hydrogen-bond acceptors (Lipinski definition) is 6. The number of rotatable bonds is 7. The van der Waals surface area contributed by atoms with Gasteiger partial charge in [-0.25, -0.2) is 4.79 Å². The van der Waals surface area contributed by atoms with Crippen LogP contribution in [0.2, 0.25) is 0 Å². The molecule has 0 aliphatic heterocycles. The van der Waals surface area contributed by atoms with Gasteiger partial charge < -0.3 is 19.9 Å². The van der Waals surface area contributed by atoms with Gasteiger partial charge >= 0.3 is 5.97 Å². The Hall–Kier alpha value is -3.29. The molecular formula is C16H16N2O6. The minimum absolute atomic E-state index is 0.117. The predicted molar refractivity (Wildman–Crippen MR) is 87.1 cm³/mol. The molecule has 0 spiro atoms. The number of nitro benzene ring substituents is 1. The van der Waals surface area contributed by atoms with Crippen LogP contribution >= 0.6 is 0 Å². The Kier molecular flexibility index (Phi) is 5.20. The predicted octanol–water partition coefficient (Wildman–Crippen LogP) is 3.20. The molecule has 1 unspecified atom stereocenters. The Morgan fingerprint density at radius 2 is 1.83 bits per heavy atom. The summed E-state index contributed by atoms with van der Waals surface area (Å²) in [6.45, 7) is 1.43. The molecule has 0 bridgehead atoms. The van der Waals surface area contributed by atoms with Crippen LogP contribution in [0.3, 0.4) is 0 Å². The molecule has 0 aromatic heterocycles. The van der Waals surface area contributed by atoms with Crippen molar-refractivity contribution in [2.24, 2.45) is 0 Å². The highest BCUT2D eigenvalue weighted by atomic mass is 16.6. The van der Waals surface area contributed by atoms with E-state index in [4.69, 9.17) is 14.6 Å². The maximum absolute atomic E-state index is 11.2. The fraction of sp³-hybridized carbons (Fsp3) is 0.188. The van der Waals surface area contributed by atoms with E-state index >= 15 is 0 Å². The van der Waals surface area contributed by atoms with E-state index in [-0.39, 0.29) is 5.69 Å². The first kappa shape index (κ1) is 17.1. The zero-order valence-electron chi connectivity index (χ0n) is 13.1. The molecule has 2 rings (SSSR count). The molecule has 0 heterocycles. The lowest BCUT2D eigenvalue weighted by atomic mass is 10.2. The van der Waals surface area contributed by atoms with Crippen molar-refractivity contribution < 1.29 is 24.3 Å². The van der Waals surface area contributed by atoms with Crippen molar-refractivity contribution in [3.8, 4) is 11.5 Å². The molecule has 0 amide bonds. The van der Waals surface area contributed by atoms with Crippen LogP contribution in [-0.2, 0) is 4.79 Å². The summed E-state index contributed by atoms with van der Waals surface area (Å²) < 4.78 is 10.2. The van der Waals surface area contributed by atoms with Crippen LogP contribution < -0.4 is 14.8 Å². The molecular weight excluding hydrogens is 316 g/mol. The van der Waals surface area contributed by atoms with Gasteiger partial charge in [0.25, 0.3) is 5.69 Å². The summed E-state index contributed by atoms with van der Waals surface area (Å²) in [7, 11) is 1.43. The Morgan fingerprint density at radius 3 is 2.38 bits per heavy atom. The number of carboxylic acid groups (broad SMARTS) is 1. The maximum Gasteiger partial charge on any atom is 0.344 e. The highest BCUT2D eigenvalue weighted by Gasteiger charge is 2.16. The molecule has 8 nitrogen and oxygen atoms in total. The van der Waals surface area contributed by atoms with Crippen molar-refractivity contribution >= 4 is 23.0 Å². The largest absolute Gasteiger partial charge is 0.496 e. The molecule has 2 N–H and O–H groups in total. The van der Waals surface area contributed by atoms with Crippen molar-refractivity contribution in [2.75, 3.05) is 12.4 Å². The molecule has 1 atom stereocenters. The molecule has 0 fully saturated rings. The summed E-state index contributed by atoms with van der Waals surface area (Å²) in [5, 5.41) is 22.9. The Balaban J connectivity index is 2.17. The first-order valence-electron chi connectivity index (χ1n) is 6.99. The van der Waals surface area contributed by atoms with E-state index < -0.39 is 17.0 Å². The minimum atomic E-state index is -1.06. The highest BCUT2D eigenvalue weighted by molar-refractivity contribution is 5.73. The second-order valence-electron chi connectivity index (χ2n) is 4.89. The third kappa shape index (κ3) is 4.13. The van der Waals surface area contributed by atoms with Crippen LogP contribution in [0.5, 0.6) is 11.5 Å². The zero-order chi connectivity index (χ0) is 17.7. The molecule has 24 heavy (non-hydrogen) atoms. The number of nitro groups is 1. The molecule has 0 saturated carbocycles. The molecule has 0 aliphatic carbocycles. The van der Waals surface area contributed by atoms with Gasteiger partial charge in [-0.2, -0.15) is 0 Å². The molecule has 0 aliphatic rings. The first-order chi connectivity index (χ1) is 11.4. The number of benzene rings is 2. The Labute approximate surface area is 137 Å². The van der Waals surface area contributed by atoms with Gasteiger partial charge in [0.2, 0.25) is 0 Å². The number of carbonyl (C=O) groups is 1. The van der Waals surface area contributed by atoms with E-state index in [2.05, 4.69) is 5.32 Å². The summed E-state index contributed by atoms with van der Waals surface area (Å²) in [6.07, 6.45) is -0.966. The van der Waals surface area contributed by atoms with E-state index in [0.717, 1.165) is 0 Å². The molecule has 0 saturated heterocycles. The normalized spacial score (nSPS) is 11.4. The van der Waals surface area contributed by atoms with E-state index in [9.17, 15) is 14.9 Å². The van der Waals surface area contributed by atoms with Crippen LogP contribution in [0.1, 0.15) is 6.92 Å². The second kappa shape index (κ2) is 7.32. The van der Waals surface area contributed by atoms with Crippen molar-refractivity contribution in [3.63, 3.8) is 0 Å². The molecule has 2 aromatic rings. The number of aliphatic carboxylic acids is 1. The fourth-order valence-corrected chi connectivity index (χ4v) is 1.92. The number of anilines is 2. The van der Waals surface area contributed by atoms with Gasteiger partial charge in [0.15, 0.2) is 6.10 Å². The van der Waals surface area contributed by atoms with Crippen molar-refractivity contribution in [1.82, 2.24) is 0 Å². The molecule has 2 aromatic carbocycles. The Bertz CT molecular complexity index is 745. The van der Waals surface area contributed by atoms with E-state index in [1.807, 2.05) is 0 Å². The number of hydrogen-bond donors (Lipinski definition) is 2. The molecule has 8 heteroatoms. The van der Waals surface area contributed by atoms with Crippen LogP contribution in [-0.4, -0.2) is 29.2 Å². The van der Waals surface area contributed by atoms with Gasteiger partial charge in [0, 0.05) is 5.69 Å². The van der Waals surface area contributed by atoms with Crippen molar-refractivity contribution in [1.29, 1.82) is 0 Å². The van der Waals surface area contributed by atoms with Crippen molar-refractivity contribution in [2.45, 2.75) is 13.0 Å². The lowest BCUT2D eigenvalue weighted by molar-refractivity contribution is -0.384. The SMILES string of the molecule is COc1ccc(Nc2ccc(OC(C)C(=O)O)cc2)c([N+](=O)[O-])c1. The lowest BCUT2D eigenvalue weighted by Crippen LogP contribution is -2.22. The third-order valence-corrected chi connectivity index (χ3v) is 3.20. The number of ether oxygens (including phenoxy) is 2. The molecule has 126 valence electrons. The summed E-state index contributed by atoms with van der Waals surface area (Å²) in [6, 6.07) is 10.9. The third-order valence-electron chi connectivity index (χ3n) is 3.20. The number of methoxy groups -OCH3 is 1. The zero-order valence-corrected chi connectivity index (χ0v) is 13.1. The maximum atomic E-state index is 11.2. The summed E-state index contributed by atoms with van der Waals surface area (Å²) in [5.41, 5.74) is 0.793. The van der Waals surface area contributed by atoms with Gasteiger partial charge in [0.1, 0.15) is 17.2 Å². The fourth-order valence-electron chi connectivity index (χ4n) is 1.92. The van der Waals surface area contributed by atoms with E-state index in [0.29, 0.717) is 22.9 Å². The summed E-state index contributed by atoms with van der Waals surface area (Å²) in [5.74, 6) is -0.288. The van der Waals surface area contributed by atoms with Gasteiger partial charge in [-0.1, -0.05) is 0 Å². The molecule has 0 radical (unpaired) electrons. The van der Waals surface area contributed by atoms with Gasteiger partial charge in [-0.05, 0) is 43.3 Å². The van der Waals surface area contributed by atoms with E-state index in [1.54, 1.807) is 36.4 Å². The van der Waals surface area contributed by atoms with E-state index in [1.165, 1.54) is 20.1 Å². The van der Waals surface area contributed by atoms with Gasteiger partial charge in [0.05, 0.1) is 18.1 Å². The average Bonchev–Trinajstić information content (AvgIpc) is 2.56. The van der Waals surface area contributed by atoms with Crippen molar-refractivity contribution in [3.05, 3.63) is 52.6 Å². The van der Waals surface area contributed by atoms with Crippen LogP contribution in [0.15, 0.2) is 42.5 Å². The monoisotopic (exact) mass is 332 g/mol. The number of carboxylic acids is 1. The first-order valence-corrected chi connectivity index (χ1v) is 6.99. The highest BCUT2D eigenvalue weighted by Crippen LogP contribution is 2.31. The quantitative estimate of drug-likeness (QED) is 0.591.